The molecule has 0 saturated carbocycles. The molecular formula is C59H44BN3. The molecule has 0 fully saturated rings. The van der Waals surface area contributed by atoms with Gasteiger partial charge in [0.25, 0.3) is 0 Å². The van der Waals surface area contributed by atoms with Crippen LogP contribution in [0.4, 0.5) is 0 Å². The third-order valence-corrected chi connectivity index (χ3v) is 14.4. The van der Waals surface area contributed by atoms with Crippen molar-refractivity contribution in [2.75, 3.05) is 0 Å². The molecule has 2 aromatic heterocycles. The lowest BCUT2D eigenvalue weighted by molar-refractivity contribution is 0.590. The predicted molar refractivity (Wildman–Crippen MR) is 268 cm³/mol. The fourth-order valence-electron chi connectivity index (χ4n) is 11.5. The lowest BCUT2D eigenvalue weighted by atomic mass is 9.31. The first kappa shape index (κ1) is 36.3. The van der Waals surface area contributed by atoms with Crippen LogP contribution in [0.25, 0.3) is 98.8 Å². The number of fused-ring (bicyclic) bond motifs is 12. The standard InChI is InChI=1S/C59H44BN3/c1-58(2,3)35-21-25-37(26-22-35)62-51-19-9-7-13-39(51)47-31-43-45-29-34(33-61)30-46-44-32-48-40-14-8-10-20-52(40)63(38-27-23-36(24-28-38)59(4,5)6)57(48)42-16-12-18-50(54(42)44)60(55(45)46)49-17-11-15-41(53(43)49)56(47)62/h7-32H,1-6H3. The van der Waals surface area contributed by atoms with E-state index in [1.165, 1.54) is 104 Å². The van der Waals surface area contributed by atoms with Gasteiger partial charge in [0, 0.05) is 43.7 Å². The van der Waals surface area contributed by atoms with E-state index in [1.54, 1.807) is 0 Å². The summed E-state index contributed by atoms with van der Waals surface area (Å²) in [7, 11) is 0. The first-order valence-electron chi connectivity index (χ1n) is 22.3. The van der Waals surface area contributed by atoms with Gasteiger partial charge in [0.2, 0.25) is 6.71 Å². The number of benzene rings is 9. The second-order valence-electron chi connectivity index (χ2n) is 20.0. The van der Waals surface area contributed by atoms with Gasteiger partial charge < -0.3 is 9.13 Å². The number of para-hydroxylation sites is 2. The van der Waals surface area contributed by atoms with Gasteiger partial charge in [-0.2, -0.15) is 5.26 Å². The largest absolute Gasteiger partial charge is 0.309 e. The van der Waals surface area contributed by atoms with Crippen LogP contribution in [0.1, 0.15) is 58.2 Å². The maximum atomic E-state index is 10.8. The Morgan fingerprint density at radius 2 is 0.841 bits per heavy atom. The van der Waals surface area contributed by atoms with Crippen molar-refractivity contribution in [3.05, 3.63) is 174 Å². The highest BCUT2D eigenvalue weighted by atomic mass is 15.0. The van der Waals surface area contributed by atoms with E-state index < -0.39 is 0 Å². The number of aromatic nitrogens is 2. The molecule has 9 aromatic carbocycles. The minimum Gasteiger partial charge on any atom is -0.309 e. The van der Waals surface area contributed by atoms with Crippen LogP contribution in [0.3, 0.4) is 0 Å². The van der Waals surface area contributed by atoms with Crippen LogP contribution in [0, 0.1) is 11.3 Å². The molecule has 298 valence electrons. The molecule has 0 N–H and O–H groups in total. The van der Waals surface area contributed by atoms with Gasteiger partial charge in [-0.25, -0.2) is 0 Å². The van der Waals surface area contributed by atoms with Crippen LogP contribution in [-0.4, -0.2) is 15.8 Å². The van der Waals surface area contributed by atoms with E-state index in [0.29, 0.717) is 5.56 Å². The highest BCUT2D eigenvalue weighted by Crippen LogP contribution is 2.47. The van der Waals surface area contributed by atoms with E-state index in [9.17, 15) is 5.26 Å². The third-order valence-electron chi connectivity index (χ3n) is 14.4. The summed E-state index contributed by atoms with van der Waals surface area (Å²) < 4.78 is 4.96. The normalized spacial score (nSPS) is 13.2. The number of nitrogens with zero attached hydrogens (tertiary/aromatic N) is 3. The van der Waals surface area contributed by atoms with Crippen molar-refractivity contribution in [2.24, 2.45) is 0 Å². The Bertz CT molecular complexity index is 3610. The minimum atomic E-state index is -0.0159. The quantitative estimate of drug-likeness (QED) is 0.160. The van der Waals surface area contributed by atoms with Gasteiger partial charge in [0.1, 0.15) is 0 Å². The summed E-state index contributed by atoms with van der Waals surface area (Å²) in [6.45, 7) is 13.6. The Kier molecular flexibility index (Phi) is 7.15. The molecule has 11 aromatic rings. The molecule has 0 saturated heterocycles. The molecule has 0 bridgehead atoms. The summed E-state index contributed by atoms with van der Waals surface area (Å²) in [6, 6.07) is 61.8. The number of nitriles is 1. The zero-order chi connectivity index (χ0) is 42.7. The van der Waals surface area contributed by atoms with Crippen molar-refractivity contribution in [1.82, 2.24) is 9.13 Å². The fourth-order valence-corrected chi connectivity index (χ4v) is 11.5. The molecular weight excluding hydrogens is 761 g/mol. The smallest absolute Gasteiger partial charge is 0.244 e. The van der Waals surface area contributed by atoms with Gasteiger partial charge in [0.15, 0.2) is 0 Å². The first-order valence-corrected chi connectivity index (χ1v) is 22.3. The summed E-state index contributed by atoms with van der Waals surface area (Å²) >= 11 is 0. The maximum absolute atomic E-state index is 10.8. The average molecular weight is 806 g/mol. The van der Waals surface area contributed by atoms with E-state index in [-0.39, 0.29) is 17.5 Å². The van der Waals surface area contributed by atoms with E-state index in [1.807, 2.05) is 0 Å². The molecule has 0 atom stereocenters. The van der Waals surface area contributed by atoms with Gasteiger partial charge >= 0.3 is 0 Å². The van der Waals surface area contributed by atoms with E-state index in [2.05, 4.69) is 214 Å². The summed E-state index contributed by atoms with van der Waals surface area (Å²) in [6.07, 6.45) is 0. The zero-order valence-electron chi connectivity index (χ0n) is 36.4. The Labute approximate surface area is 367 Å². The molecule has 0 amide bonds. The summed E-state index contributed by atoms with van der Waals surface area (Å²) in [5, 5.41) is 20.7. The molecule has 0 aliphatic carbocycles. The number of hydrogen-bond acceptors (Lipinski definition) is 1. The van der Waals surface area contributed by atoms with Crippen LogP contribution in [-0.2, 0) is 10.8 Å². The van der Waals surface area contributed by atoms with Crippen LogP contribution in [0.15, 0.2) is 158 Å². The highest BCUT2D eigenvalue weighted by molar-refractivity contribution is 7.01. The molecule has 3 nitrogen and oxygen atoms in total. The number of rotatable bonds is 2. The second kappa shape index (κ2) is 12.4. The van der Waals surface area contributed by atoms with E-state index in [4.69, 9.17) is 0 Å². The van der Waals surface area contributed by atoms with Crippen molar-refractivity contribution >= 4 is 88.3 Å². The Balaban J connectivity index is 1.15. The molecule has 4 heterocycles. The van der Waals surface area contributed by atoms with E-state index >= 15 is 0 Å². The van der Waals surface area contributed by atoms with Crippen molar-refractivity contribution in [3.63, 3.8) is 0 Å². The van der Waals surface area contributed by atoms with Crippen LogP contribution in [0.2, 0.25) is 0 Å². The van der Waals surface area contributed by atoms with Crippen molar-refractivity contribution in [2.45, 2.75) is 52.4 Å². The summed E-state index contributed by atoms with van der Waals surface area (Å²) in [4.78, 5) is 0. The van der Waals surface area contributed by atoms with Gasteiger partial charge in [-0.05, 0) is 116 Å². The maximum Gasteiger partial charge on any atom is 0.244 e. The first-order chi connectivity index (χ1) is 30.5. The Morgan fingerprint density at radius 1 is 0.429 bits per heavy atom. The average Bonchev–Trinajstić information content (AvgIpc) is 3.81. The minimum absolute atomic E-state index is 0.0159. The van der Waals surface area contributed by atoms with E-state index in [0.717, 1.165) is 22.5 Å². The van der Waals surface area contributed by atoms with Crippen LogP contribution in [0.5, 0.6) is 0 Å². The number of hydrogen-bond donors (Lipinski definition) is 0. The van der Waals surface area contributed by atoms with Gasteiger partial charge in [-0.15, -0.1) is 0 Å². The zero-order valence-corrected chi connectivity index (χ0v) is 36.4. The molecule has 2 aliphatic heterocycles. The molecule has 0 unspecified atom stereocenters. The summed E-state index contributed by atoms with van der Waals surface area (Å²) in [5.74, 6) is 0. The van der Waals surface area contributed by atoms with Crippen LogP contribution >= 0.6 is 0 Å². The molecule has 13 rings (SSSR count). The fraction of sp³-hybridized carbons (Fsp3) is 0.136. The SMILES string of the molecule is CC(C)(C)c1ccc(-n2c3ccccc3c3cc4c5c(cccc5c32)B2c3c-4cc(C#N)cc3-c3cc4c5ccccc5n(-c5ccc(C(C)(C)C)cc5)c4c4cccc2c34)cc1. The van der Waals surface area contributed by atoms with Crippen molar-refractivity contribution < 1.29 is 0 Å². The Morgan fingerprint density at radius 3 is 1.25 bits per heavy atom. The molecule has 4 heteroatoms. The van der Waals surface area contributed by atoms with Crippen LogP contribution < -0.4 is 16.4 Å². The molecule has 63 heavy (non-hydrogen) atoms. The predicted octanol–water partition coefficient (Wildman–Crippen LogP) is 13.1. The lowest BCUT2D eigenvalue weighted by Gasteiger charge is -2.34. The highest BCUT2D eigenvalue weighted by Gasteiger charge is 2.40. The van der Waals surface area contributed by atoms with Gasteiger partial charge in [-0.3, -0.25) is 0 Å². The molecule has 0 radical (unpaired) electrons. The second-order valence-corrected chi connectivity index (χ2v) is 20.0. The molecule has 2 aliphatic rings. The lowest BCUT2D eigenvalue weighted by Crippen LogP contribution is -2.57. The van der Waals surface area contributed by atoms with Gasteiger partial charge in [0.05, 0.1) is 33.7 Å². The summed E-state index contributed by atoms with van der Waals surface area (Å²) in [5.41, 5.74) is 19.2. The topological polar surface area (TPSA) is 33.6 Å². The van der Waals surface area contributed by atoms with Gasteiger partial charge in [-0.1, -0.05) is 155 Å². The Hall–Kier alpha value is -7.35. The third kappa shape index (κ3) is 4.86. The van der Waals surface area contributed by atoms with Crippen molar-refractivity contribution in [1.29, 1.82) is 5.26 Å². The molecule has 0 spiro atoms. The van der Waals surface area contributed by atoms with Crippen molar-refractivity contribution in [3.8, 4) is 39.7 Å². The monoisotopic (exact) mass is 805 g/mol.